The molecule has 0 fully saturated rings. The highest BCUT2D eigenvalue weighted by atomic mass is 16.3. The molecular formula is C10H12N4O2. The van der Waals surface area contributed by atoms with Crippen molar-refractivity contribution in [2.75, 3.05) is 13.1 Å². The van der Waals surface area contributed by atoms with Crippen LogP contribution in [0, 0.1) is 0 Å². The summed E-state index contributed by atoms with van der Waals surface area (Å²) in [4.78, 5) is 13.9. The normalized spacial score (nSPS) is 9.25. The minimum absolute atomic E-state index is 0.138. The number of nitrogens with one attached hydrogen (secondary N) is 1. The Morgan fingerprint density at radius 1 is 1.56 bits per heavy atom. The molecular weight excluding hydrogens is 208 g/mol. The molecule has 0 heterocycles. The van der Waals surface area contributed by atoms with Crippen molar-refractivity contribution < 1.29 is 9.90 Å². The number of phenols is 1. The molecule has 84 valence electrons. The lowest BCUT2D eigenvalue weighted by atomic mass is 10.1. The topological polar surface area (TPSA) is 98.1 Å². The molecule has 0 aromatic heterocycles. The van der Waals surface area contributed by atoms with Crippen molar-refractivity contribution in [2.45, 2.75) is 6.42 Å². The molecule has 0 aliphatic rings. The maximum absolute atomic E-state index is 11.4. The molecule has 0 bridgehead atoms. The molecule has 1 amide bonds. The predicted octanol–water partition coefficient (Wildman–Crippen LogP) is 1.36. The molecule has 1 rings (SSSR count). The van der Waals surface area contributed by atoms with E-state index in [9.17, 15) is 9.90 Å². The number of phenolic OH excluding ortho intramolecular Hbond substituents is 1. The van der Waals surface area contributed by atoms with Crippen LogP contribution in [0.15, 0.2) is 29.4 Å². The minimum Gasteiger partial charge on any atom is -0.508 e. The van der Waals surface area contributed by atoms with Crippen LogP contribution in [0.3, 0.4) is 0 Å². The van der Waals surface area contributed by atoms with Crippen molar-refractivity contribution >= 4 is 5.91 Å². The molecule has 0 saturated heterocycles. The molecule has 0 atom stereocenters. The van der Waals surface area contributed by atoms with Crippen LogP contribution in [0.5, 0.6) is 5.75 Å². The summed E-state index contributed by atoms with van der Waals surface area (Å²) < 4.78 is 0. The standard InChI is InChI=1S/C10H12N4O2/c11-14-13-5-4-12-10(16)7-8-2-1-3-9(15)6-8/h1-3,6,15H,4-5,7H2,(H,12,16). The van der Waals surface area contributed by atoms with Crippen LogP contribution in [0.2, 0.25) is 0 Å². The van der Waals surface area contributed by atoms with Gasteiger partial charge in [0, 0.05) is 18.0 Å². The van der Waals surface area contributed by atoms with Gasteiger partial charge in [0.15, 0.2) is 0 Å². The Morgan fingerprint density at radius 3 is 3.06 bits per heavy atom. The van der Waals surface area contributed by atoms with Gasteiger partial charge in [0.25, 0.3) is 0 Å². The van der Waals surface area contributed by atoms with E-state index in [0.29, 0.717) is 6.54 Å². The number of hydrogen-bond donors (Lipinski definition) is 2. The van der Waals surface area contributed by atoms with E-state index in [1.54, 1.807) is 18.2 Å². The second kappa shape index (κ2) is 6.31. The van der Waals surface area contributed by atoms with Gasteiger partial charge < -0.3 is 10.4 Å². The highest BCUT2D eigenvalue weighted by Crippen LogP contribution is 2.10. The Kier molecular flexibility index (Phi) is 4.69. The first-order valence-corrected chi connectivity index (χ1v) is 4.78. The van der Waals surface area contributed by atoms with E-state index in [4.69, 9.17) is 5.53 Å². The highest BCUT2D eigenvalue weighted by Gasteiger charge is 2.02. The number of hydrogen-bond acceptors (Lipinski definition) is 3. The number of amides is 1. The SMILES string of the molecule is [N-]=[N+]=NCCNC(=O)Cc1cccc(O)c1. The lowest BCUT2D eigenvalue weighted by Crippen LogP contribution is -2.27. The first kappa shape index (κ1) is 11.9. The number of benzene rings is 1. The van der Waals surface area contributed by atoms with E-state index in [1.165, 1.54) is 6.07 Å². The summed E-state index contributed by atoms with van der Waals surface area (Å²) in [6.45, 7) is 0.560. The molecule has 6 nitrogen and oxygen atoms in total. The number of carbonyl (C=O) groups is 1. The zero-order valence-corrected chi connectivity index (χ0v) is 8.63. The molecule has 0 aliphatic carbocycles. The van der Waals surface area contributed by atoms with Crippen LogP contribution in [0.1, 0.15) is 5.56 Å². The average Bonchev–Trinajstić information content (AvgIpc) is 2.24. The zero-order chi connectivity index (χ0) is 11.8. The van der Waals surface area contributed by atoms with Crippen molar-refractivity contribution in [1.82, 2.24) is 5.32 Å². The van der Waals surface area contributed by atoms with Crippen LogP contribution >= 0.6 is 0 Å². The van der Waals surface area contributed by atoms with Gasteiger partial charge in [0.1, 0.15) is 5.75 Å². The third-order valence-corrected chi connectivity index (χ3v) is 1.87. The van der Waals surface area contributed by atoms with Crippen molar-refractivity contribution in [2.24, 2.45) is 5.11 Å². The summed E-state index contributed by atoms with van der Waals surface area (Å²) in [6, 6.07) is 6.51. The van der Waals surface area contributed by atoms with Gasteiger partial charge in [0.2, 0.25) is 5.91 Å². The third kappa shape index (κ3) is 4.34. The smallest absolute Gasteiger partial charge is 0.224 e. The largest absolute Gasteiger partial charge is 0.508 e. The predicted molar refractivity (Wildman–Crippen MR) is 58.8 cm³/mol. The van der Waals surface area contributed by atoms with Gasteiger partial charge in [-0.3, -0.25) is 4.79 Å². The van der Waals surface area contributed by atoms with E-state index in [-0.39, 0.29) is 24.6 Å². The molecule has 0 unspecified atom stereocenters. The summed E-state index contributed by atoms with van der Waals surface area (Å²) in [5.41, 5.74) is 8.75. The second-order valence-electron chi connectivity index (χ2n) is 3.15. The summed E-state index contributed by atoms with van der Waals surface area (Å²) in [7, 11) is 0. The monoisotopic (exact) mass is 220 g/mol. The summed E-state index contributed by atoms with van der Waals surface area (Å²) >= 11 is 0. The Morgan fingerprint density at radius 2 is 2.38 bits per heavy atom. The molecule has 0 spiro atoms. The molecule has 0 aliphatic heterocycles. The van der Waals surface area contributed by atoms with Gasteiger partial charge in [0.05, 0.1) is 6.42 Å². The lowest BCUT2D eigenvalue weighted by molar-refractivity contribution is -0.120. The first-order valence-electron chi connectivity index (χ1n) is 4.78. The van der Waals surface area contributed by atoms with Crippen LogP contribution in [-0.2, 0) is 11.2 Å². The van der Waals surface area contributed by atoms with Gasteiger partial charge >= 0.3 is 0 Å². The van der Waals surface area contributed by atoms with Crippen molar-refractivity contribution in [3.63, 3.8) is 0 Å². The second-order valence-corrected chi connectivity index (χ2v) is 3.15. The first-order chi connectivity index (χ1) is 7.72. The Balaban J connectivity index is 2.36. The van der Waals surface area contributed by atoms with Crippen molar-refractivity contribution in [3.05, 3.63) is 40.3 Å². The molecule has 6 heteroatoms. The van der Waals surface area contributed by atoms with E-state index in [1.807, 2.05) is 0 Å². The molecule has 0 saturated carbocycles. The van der Waals surface area contributed by atoms with E-state index < -0.39 is 0 Å². The summed E-state index contributed by atoms with van der Waals surface area (Å²) in [5.74, 6) is -0.0295. The minimum atomic E-state index is -0.168. The van der Waals surface area contributed by atoms with Crippen molar-refractivity contribution in [1.29, 1.82) is 0 Å². The average molecular weight is 220 g/mol. The van der Waals surface area contributed by atoms with E-state index in [0.717, 1.165) is 5.56 Å². The Hall–Kier alpha value is -2.20. The number of nitrogens with zero attached hydrogens (tertiary/aromatic N) is 3. The van der Waals surface area contributed by atoms with Crippen molar-refractivity contribution in [3.8, 4) is 5.75 Å². The quantitative estimate of drug-likeness (QED) is 0.339. The van der Waals surface area contributed by atoms with Crippen LogP contribution in [0.4, 0.5) is 0 Å². The summed E-state index contributed by atoms with van der Waals surface area (Å²) in [6.07, 6.45) is 0.199. The fourth-order valence-electron chi connectivity index (χ4n) is 1.20. The molecule has 16 heavy (non-hydrogen) atoms. The van der Waals surface area contributed by atoms with Gasteiger partial charge in [-0.1, -0.05) is 17.2 Å². The fraction of sp³-hybridized carbons (Fsp3) is 0.300. The number of carbonyl (C=O) groups excluding carboxylic acids is 1. The van der Waals surface area contributed by atoms with E-state index >= 15 is 0 Å². The number of rotatable bonds is 5. The lowest BCUT2D eigenvalue weighted by Gasteiger charge is -2.03. The Labute approximate surface area is 92.5 Å². The van der Waals surface area contributed by atoms with Gasteiger partial charge in [-0.25, -0.2) is 0 Å². The van der Waals surface area contributed by atoms with Crippen LogP contribution in [-0.4, -0.2) is 24.1 Å². The molecule has 0 radical (unpaired) electrons. The molecule has 1 aromatic rings. The van der Waals surface area contributed by atoms with Crippen LogP contribution in [0.25, 0.3) is 10.4 Å². The summed E-state index contributed by atoms with van der Waals surface area (Å²) in [5, 5.41) is 15.1. The number of azide groups is 1. The Bertz CT molecular complexity index is 413. The molecule has 2 N–H and O–H groups in total. The fourth-order valence-corrected chi connectivity index (χ4v) is 1.20. The molecule has 1 aromatic carbocycles. The number of aromatic hydroxyl groups is 1. The van der Waals surface area contributed by atoms with Gasteiger partial charge in [-0.2, -0.15) is 0 Å². The van der Waals surface area contributed by atoms with E-state index in [2.05, 4.69) is 15.3 Å². The van der Waals surface area contributed by atoms with Gasteiger partial charge in [-0.05, 0) is 23.2 Å². The highest BCUT2D eigenvalue weighted by molar-refractivity contribution is 5.78. The third-order valence-electron chi connectivity index (χ3n) is 1.87. The maximum atomic E-state index is 11.4. The zero-order valence-electron chi connectivity index (χ0n) is 8.63. The maximum Gasteiger partial charge on any atom is 0.224 e. The van der Waals surface area contributed by atoms with Crippen LogP contribution < -0.4 is 5.32 Å². The van der Waals surface area contributed by atoms with Gasteiger partial charge in [-0.15, -0.1) is 0 Å².